The second-order valence-corrected chi connectivity index (χ2v) is 13.4. The monoisotopic (exact) mass is 710 g/mol. The third kappa shape index (κ3) is 23.4. The van der Waals surface area contributed by atoms with Crippen molar-refractivity contribution in [2.24, 2.45) is 0 Å². The maximum Gasteiger partial charge on any atom is 0.306 e. The summed E-state index contributed by atoms with van der Waals surface area (Å²) in [6.07, 6.45) is 25.9. The van der Waals surface area contributed by atoms with Crippen LogP contribution in [0.15, 0.2) is 36.5 Å². The number of carbonyl (C=O) groups excluding carboxylic acids is 2. The van der Waals surface area contributed by atoms with Crippen LogP contribution in [0.5, 0.6) is 0 Å². The average molecular weight is 711 g/mol. The summed E-state index contributed by atoms with van der Waals surface area (Å²) in [6, 6.07) is 0. The van der Waals surface area contributed by atoms with Gasteiger partial charge >= 0.3 is 11.9 Å². The first-order valence-electron chi connectivity index (χ1n) is 19.6. The minimum absolute atomic E-state index is 0.182. The van der Waals surface area contributed by atoms with Crippen LogP contribution in [0.2, 0.25) is 0 Å². The van der Waals surface area contributed by atoms with Gasteiger partial charge in [0, 0.05) is 12.8 Å². The van der Waals surface area contributed by atoms with Crippen LogP contribution in [-0.4, -0.2) is 89.0 Å². The van der Waals surface area contributed by atoms with E-state index < -0.39 is 49.4 Å². The fourth-order valence-electron chi connectivity index (χ4n) is 5.60. The molecule has 1 heterocycles. The normalized spacial score (nSPS) is 21.8. The molecule has 1 aliphatic rings. The van der Waals surface area contributed by atoms with Crippen LogP contribution in [0.4, 0.5) is 0 Å². The van der Waals surface area contributed by atoms with Crippen LogP contribution in [0.3, 0.4) is 0 Å². The molecule has 0 aromatic rings. The van der Waals surface area contributed by atoms with Gasteiger partial charge in [-0.1, -0.05) is 121 Å². The van der Waals surface area contributed by atoms with Crippen molar-refractivity contribution in [2.75, 3.05) is 19.8 Å². The number of aliphatic hydroxyl groups excluding tert-OH is 4. The zero-order chi connectivity index (χ0) is 36.7. The van der Waals surface area contributed by atoms with Crippen LogP contribution >= 0.6 is 0 Å². The second-order valence-electron chi connectivity index (χ2n) is 13.4. The van der Waals surface area contributed by atoms with Crippen LogP contribution < -0.4 is 0 Å². The molecule has 0 aromatic heterocycles. The summed E-state index contributed by atoms with van der Waals surface area (Å²) in [5.74, 6) is -0.855. The number of rotatable bonds is 31. The smallest absolute Gasteiger partial charge is 0.306 e. The fourth-order valence-corrected chi connectivity index (χ4v) is 5.60. The van der Waals surface area contributed by atoms with Gasteiger partial charge in [-0.15, -0.1) is 0 Å². The van der Waals surface area contributed by atoms with Crippen LogP contribution in [-0.2, 0) is 28.5 Å². The molecule has 10 heteroatoms. The Balaban J connectivity index is 2.43. The third-order valence-electron chi connectivity index (χ3n) is 8.78. The molecule has 1 rings (SSSR count). The lowest BCUT2D eigenvalue weighted by atomic mass is 9.99. The maximum atomic E-state index is 12.7. The number of ether oxygens (including phenoxy) is 4. The Morgan fingerprint density at radius 1 is 0.620 bits per heavy atom. The summed E-state index contributed by atoms with van der Waals surface area (Å²) in [5, 5.41) is 39.9. The first-order valence-corrected chi connectivity index (χ1v) is 19.6. The van der Waals surface area contributed by atoms with Crippen LogP contribution in [0, 0.1) is 0 Å². The minimum atomic E-state index is -1.60. The standard InChI is InChI=1S/C40H70O10/c1-3-5-7-9-11-13-15-16-17-18-19-21-23-25-27-29-36(43)49-33(32-48-40-39(46)38(45)37(44)34(30-41)50-40)31-47-35(42)28-26-24-22-20-14-12-10-8-6-4-2/h11,13,16-17,19,21,33-34,37-41,44-46H,3-10,12,14-15,18,20,22-32H2,1-2H3/b13-11+,17-16+,21-19+/t33-,34-,37+,38?,39?,40-/m1/s1. The molecule has 2 unspecified atom stereocenters. The lowest BCUT2D eigenvalue weighted by molar-refractivity contribution is -0.305. The van der Waals surface area contributed by atoms with Crippen molar-refractivity contribution in [1.29, 1.82) is 0 Å². The third-order valence-corrected chi connectivity index (χ3v) is 8.78. The van der Waals surface area contributed by atoms with Gasteiger partial charge in [-0.3, -0.25) is 9.59 Å². The molecule has 6 atom stereocenters. The van der Waals surface area contributed by atoms with Gasteiger partial charge in [0.25, 0.3) is 0 Å². The molecule has 0 spiro atoms. The lowest BCUT2D eigenvalue weighted by Gasteiger charge is -2.39. The zero-order valence-electron chi connectivity index (χ0n) is 31.1. The molecular weight excluding hydrogens is 640 g/mol. The number of carbonyl (C=O) groups is 2. The van der Waals surface area contributed by atoms with E-state index in [4.69, 9.17) is 18.9 Å². The number of hydrogen-bond donors (Lipinski definition) is 4. The van der Waals surface area contributed by atoms with Crippen LogP contribution in [0.1, 0.15) is 149 Å². The van der Waals surface area contributed by atoms with Crippen molar-refractivity contribution in [1.82, 2.24) is 0 Å². The van der Waals surface area contributed by atoms with E-state index in [0.29, 0.717) is 6.42 Å². The van der Waals surface area contributed by atoms with Gasteiger partial charge in [-0.2, -0.15) is 0 Å². The number of hydrogen-bond acceptors (Lipinski definition) is 10. The molecule has 0 amide bonds. The number of esters is 2. The van der Waals surface area contributed by atoms with E-state index in [9.17, 15) is 30.0 Å². The van der Waals surface area contributed by atoms with E-state index in [1.165, 1.54) is 64.2 Å². The van der Waals surface area contributed by atoms with E-state index in [1.54, 1.807) is 0 Å². The van der Waals surface area contributed by atoms with Gasteiger partial charge in [0.2, 0.25) is 0 Å². The van der Waals surface area contributed by atoms with Crippen molar-refractivity contribution in [3.8, 4) is 0 Å². The summed E-state index contributed by atoms with van der Waals surface area (Å²) in [6.45, 7) is 3.32. The quantitative estimate of drug-likeness (QED) is 0.0331. The van der Waals surface area contributed by atoms with Gasteiger partial charge in [-0.05, 0) is 51.4 Å². The SMILES string of the molecule is CCCCC/C=C/C/C=C/C/C=C/CCCCC(=O)O[C@H](COC(=O)CCCCCCCCCCCC)CO[C@@H]1O[C@H](CO)[C@H](O)C(O)C1O. The Morgan fingerprint density at radius 2 is 1.12 bits per heavy atom. The predicted octanol–water partition coefficient (Wildman–Crippen LogP) is 7.16. The topological polar surface area (TPSA) is 152 Å². The van der Waals surface area contributed by atoms with E-state index in [1.807, 2.05) is 0 Å². The van der Waals surface area contributed by atoms with E-state index in [2.05, 4.69) is 50.3 Å². The van der Waals surface area contributed by atoms with Gasteiger partial charge in [0.05, 0.1) is 13.2 Å². The Bertz CT molecular complexity index is 918. The van der Waals surface area contributed by atoms with Gasteiger partial charge < -0.3 is 39.4 Å². The second kappa shape index (κ2) is 31.6. The Morgan fingerprint density at radius 3 is 1.72 bits per heavy atom. The molecule has 4 N–H and O–H groups in total. The highest BCUT2D eigenvalue weighted by Crippen LogP contribution is 2.22. The minimum Gasteiger partial charge on any atom is -0.462 e. The maximum absolute atomic E-state index is 12.7. The molecule has 50 heavy (non-hydrogen) atoms. The molecule has 0 bridgehead atoms. The highest BCUT2D eigenvalue weighted by atomic mass is 16.7. The lowest BCUT2D eigenvalue weighted by Crippen LogP contribution is -2.59. The fraction of sp³-hybridized carbons (Fsp3) is 0.800. The molecular formula is C40H70O10. The summed E-state index contributed by atoms with van der Waals surface area (Å²) in [7, 11) is 0. The summed E-state index contributed by atoms with van der Waals surface area (Å²) < 4.78 is 22.0. The van der Waals surface area contributed by atoms with E-state index >= 15 is 0 Å². The van der Waals surface area contributed by atoms with Crippen LogP contribution in [0.25, 0.3) is 0 Å². The summed E-state index contributed by atoms with van der Waals surface area (Å²) in [5.41, 5.74) is 0. The molecule has 0 saturated carbocycles. The molecule has 1 saturated heterocycles. The van der Waals surface area contributed by atoms with Crippen molar-refractivity contribution < 1.29 is 49.0 Å². The number of unbranched alkanes of at least 4 members (excludes halogenated alkanes) is 14. The summed E-state index contributed by atoms with van der Waals surface area (Å²) >= 11 is 0. The van der Waals surface area contributed by atoms with Crippen molar-refractivity contribution in [3.63, 3.8) is 0 Å². The molecule has 10 nitrogen and oxygen atoms in total. The Labute approximate surface area is 302 Å². The average Bonchev–Trinajstić information content (AvgIpc) is 3.11. The Kier molecular flexibility index (Phi) is 29.1. The molecule has 0 aliphatic carbocycles. The molecule has 0 radical (unpaired) electrons. The number of aliphatic hydroxyl groups is 4. The highest BCUT2D eigenvalue weighted by molar-refractivity contribution is 5.70. The van der Waals surface area contributed by atoms with Crippen molar-refractivity contribution in [3.05, 3.63) is 36.5 Å². The highest BCUT2D eigenvalue weighted by Gasteiger charge is 2.44. The first kappa shape index (κ1) is 45.9. The van der Waals surface area contributed by atoms with Gasteiger partial charge in [-0.25, -0.2) is 0 Å². The first-order chi connectivity index (χ1) is 24.3. The van der Waals surface area contributed by atoms with E-state index in [0.717, 1.165) is 51.4 Å². The molecule has 290 valence electrons. The Hall–Kier alpha value is -2.08. The zero-order valence-corrected chi connectivity index (χ0v) is 31.1. The van der Waals surface area contributed by atoms with Gasteiger partial charge in [0.15, 0.2) is 12.4 Å². The van der Waals surface area contributed by atoms with Gasteiger partial charge in [0.1, 0.15) is 31.0 Å². The molecule has 0 aromatic carbocycles. The molecule has 1 aliphatic heterocycles. The summed E-state index contributed by atoms with van der Waals surface area (Å²) in [4.78, 5) is 25.1. The number of allylic oxidation sites excluding steroid dienone is 6. The predicted molar refractivity (Wildman–Crippen MR) is 196 cm³/mol. The van der Waals surface area contributed by atoms with Crippen molar-refractivity contribution in [2.45, 2.75) is 185 Å². The van der Waals surface area contributed by atoms with Crippen molar-refractivity contribution >= 4 is 11.9 Å². The van der Waals surface area contributed by atoms with E-state index in [-0.39, 0.29) is 32.0 Å². The molecule has 1 fully saturated rings. The largest absolute Gasteiger partial charge is 0.462 e.